The van der Waals surface area contributed by atoms with Crippen molar-refractivity contribution in [2.45, 2.75) is 65.8 Å². The van der Waals surface area contributed by atoms with Crippen LogP contribution in [0.15, 0.2) is 0 Å². The molecule has 3 unspecified atom stereocenters. The Bertz CT molecular complexity index is 360. The van der Waals surface area contributed by atoms with Crippen molar-refractivity contribution < 1.29 is 9.59 Å². The predicted octanol–water partition coefficient (Wildman–Crippen LogP) is 2.47. The lowest BCUT2D eigenvalue weighted by molar-refractivity contribution is -0.135. The fourth-order valence-corrected chi connectivity index (χ4v) is 2.82. The molecule has 0 heterocycles. The van der Waals surface area contributed by atoms with Crippen molar-refractivity contribution in [3.63, 3.8) is 0 Å². The summed E-state index contributed by atoms with van der Waals surface area (Å²) >= 11 is 0. The maximum atomic E-state index is 12.5. The van der Waals surface area contributed by atoms with E-state index < -0.39 is 0 Å². The van der Waals surface area contributed by atoms with E-state index in [0.717, 1.165) is 19.3 Å². The first-order valence-electron chi connectivity index (χ1n) is 7.77. The fraction of sp³-hybridized carbons (Fsp3) is 0.875. The summed E-state index contributed by atoms with van der Waals surface area (Å²) in [6.07, 6.45) is 3.51. The van der Waals surface area contributed by atoms with Crippen LogP contribution in [0.3, 0.4) is 0 Å². The summed E-state index contributed by atoms with van der Waals surface area (Å²) < 4.78 is 0. The lowest BCUT2D eigenvalue weighted by Crippen LogP contribution is -2.47. The zero-order chi connectivity index (χ0) is 15.5. The first kappa shape index (κ1) is 17.0. The predicted molar refractivity (Wildman–Crippen MR) is 80.9 cm³/mol. The maximum Gasteiger partial charge on any atom is 0.224 e. The van der Waals surface area contributed by atoms with E-state index in [1.54, 1.807) is 0 Å². The summed E-state index contributed by atoms with van der Waals surface area (Å²) in [6, 6.07) is 0. The van der Waals surface area contributed by atoms with Gasteiger partial charge < -0.3 is 11.1 Å². The van der Waals surface area contributed by atoms with Crippen molar-refractivity contribution >= 4 is 11.8 Å². The highest BCUT2D eigenvalue weighted by Gasteiger charge is 2.41. The Morgan fingerprint density at radius 2 is 1.85 bits per heavy atom. The highest BCUT2D eigenvalue weighted by Crippen LogP contribution is 2.44. The van der Waals surface area contributed by atoms with Gasteiger partial charge in [0.25, 0.3) is 0 Å². The molecule has 1 fully saturated rings. The molecule has 4 nitrogen and oxygen atoms in total. The van der Waals surface area contributed by atoms with E-state index in [-0.39, 0.29) is 29.2 Å². The monoisotopic (exact) mass is 282 g/mol. The van der Waals surface area contributed by atoms with E-state index in [4.69, 9.17) is 5.73 Å². The van der Waals surface area contributed by atoms with Crippen LogP contribution in [0, 0.1) is 23.7 Å². The van der Waals surface area contributed by atoms with Crippen molar-refractivity contribution in [3.8, 4) is 0 Å². The Morgan fingerprint density at radius 3 is 2.20 bits per heavy atom. The van der Waals surface area contributed by atoms with Crippen molar-refractivity contribution in [1.29, 1.82) is 0 Å². The van der Waals surface area contributed by atoms with Crippen LogP contribution in [0.1, 0.15) is 60.3 Å². The lowest BCUT2D eigenvalue weighted by atomic mass is 9.82. The number of rotatable bonds is 7. The smallest absolute Gasteiger partial charge is 0.224 e. The molecule has 116 valence electrons. The average molecular weight is 282 g/mol. The number of nitrogens with one attached hydrogen (secondary N) is 1. The van der Waals surface area contributed by atoms with E-state index in [0.29, 0.717) is 18.3 Å². The fourth-order valence-electron chi connectivity index (χ4n) is 2.82. The van der Waals surface area contributed by atoms with Gasteiger partial charge in [-0.1, -0.05) is 20.3 Å². The highest BCUT2D eigenvalue weighted by molar-refractivity contribution is 5.87. The normalized spacial score (nSPS) is 24.9. The largest absolute Gasteiger partial charge is 0.369 e. The van der Waals surface area contributed by atoms with Gasteiger partial charge in [0.2, 0.25) is 11.8 Å². The van der Waals surface area contributed by atoms with Crippen LogP contribution in [0.25, 0.3) is 0 Å². The van der Waals surface area contributed by atoms with E-state index in [9.17, 15) is 9.59 Å². The first-order valence-corrected chi connectivity index (χ1v) is 7.77. The Morgan fingerprint density at radius 1 is 1.30 bits per heavy atom. The molecule has 0 bridgehead atoms. The molecule has 1 aliphatic rings. The molecule has 0 radical (unpaired) electrons. The van der Waals surface area contributed by atoms with Gasteiger partial charge in [0.15, 0.2) is 0 Å². The van der Waals surface area contributed by atoms with E-state index in [1.807, 2.05) is 27.7 Å². The number of hydrogen-bond acceptors (Lipinski definition) is 2. The third-order valence-corrected chi connectivity index (χ3v) is 4.12. The number of carbonyl (C=O) groups excluding carboxylic acids is 2. The number of hydrogen-bond donors (Lipinski definition) is 2. The van der Waals surface area contributed by atoms with Gasteiger partial charge in [-0.05, 0) is 51.9 Å². The van der Waals surface area contributed by atoms with Crippen LogP contribution >= 0.6 is 0 Å². The quantitative estimate of drug-likeness (QED) is 0.753. The molecule has 0 aromatic rings. The molecule has 0 saturated heterocycles. The van der Waals surface area contributed by atoms with Gasteiger partial charge in [-0.3, -0.25) is 9.59 Å². The highest BCUT2D eigenvalue weighted by atomic mass is 16.2. The lowest BCUT2D eigenvalue weighted by Gasteiger charge is -2.28. The first-order chi connectivity index (χ1) is 9.15. The average Bonchev–Trinajstić information content (AvgIpc) is 2.96. The number of nitrogens with two attached hydrogens (primary N) is 1. The standard InChI is InChI=1S/C16H30N2O2/c1-6-7-12(14(17)19)13(9-11-8-10(11)2)15(20)18-16(3,4)5/h10-13H,6-9H2,1-5H3,(H2,17,19)(H,18,20)/t10?,11?,12-,13?/m0/s1. The SMILES string of the molecule is CCC[C@H](C(N)=O)C(CC1CC1C)C(=O)NC(C)(C)C. The van der Waals surface area contributed by atoms with E-state index >= 15 is 0 Å². The van der Waals surface area contributed by atoms with Gasteiger partial charge >= 0.3 is 0 Å². The summed E-state index contributed by atoms with van der Waals surface area (Å²) in [5, 5.41) is 3.01. The summed E-state index contributed by atoms with van der Waals surface area (Å²) in [5.74, 6) is 0.277. The molecule has 1 aliphatic carbocycles. The zero-order valence-electron chi connectivity index (χ0n) is 13.5. The van der Waals surface area contributed by atoms with Crippen LogP contribution in [-0.2, 0) is 9.59 Å². The number of primary amides is 1. The Balaban J connectivity index is 2.82. The Kier molecular flexibility index (Phi) is 5.60. The second-order valence-corrected chi connectivity index (χ2v) is 7.35. The summed E-state index contributed by atoms with van der Waals surface area (Å²) in [7, 11) is 0. The third kappa shape index (κ3) is 5.14. The van der Waals surface area contributed by atoms with Crippen LogP contribution in [-0.4, -0.2) is 17.4 Å². The molecule has 0 spiro atoms. The molecule has 3 N–H and O–H groups in total. The minimum absolute atomic E-state index is 0.0196. The van der Waals surface area contributed by atoms with Crippen molar-refractivity contribution in [2.24, 2.45) is 29.4 Å². The summed E-state index contributed by atoms with van der Waals surface area (Å²) in [5.41, 5.74) is 5.26. The van der Waals surface area contributed by atoms with Crippen molar-refractivity contribution in [1.82, 2.24) is 5.32 Å². The van der Waals surface area contributed by atoms with Crippen LogP contribution in [0.4, 0.5) is 0 Å². The van der Waals surface area contributed by atoms with E-state index in [1.165, 1.54) is 0 Å². The van der Waals surface area contributed by atoms with Crippen LogP contribution in [0.5, 0.6) is 0 Å². The van der Waals surface area contributed by atoms with Gasteiger partial charge in [0.05, 0.1) is 0 Å². The van der Waals surface area contributed by atoms with Gasteiger partial charge in [-0.2, -0.15) is 0 Å². The Hall–Kier alpha value is -1.06. The molecular weight excluding hydrogens is 252 g/mol. The summed E-state index contributed by atoms with van der Waals surface area (Å²) in [6.45, 7) is 10.1. The number of amides is 2. The van der Waals surface area contributed by atoms with Crippen LogP contribution < -0.4 is 11.1 Å². The summed E-state index contributed by atoms with van der Waals surface area (Å²) in [4.78, 5) is 24.3. The van der Waals surface area contributed by atoms with Crippen molar-refractivity contribution in [2.75, 3.05) is 0 Å². The van der Waals surface area contributed by atoms with E-state index in [2.05, 4.69) is 12.2 Å². The van der Waals surface area contributed by atoms with Gasteiger partial charge in [0, 0.05) is 17.4 Å². The second-order valence-electron chi connectivity index (χ2n) is 7.35. The second kappa shape index (κ2) is 6.59. The van der Waals surface area contributed by atoms with Gasteiger partial charge in [0.1, 0.15) is 0 Å². The van der Waals surface area contributed by atoms with Crippen LogP contribution in [0.2, 0.25) is 0 Å². The maximum absolute atomic E-state index is 12.5. The minimum atomic E-state index is -0.339. The van der Waals surface area contributed by atoms with Gasteiger partial charge in [-0.25, -0.2) is 0 Å². The van der Waals surface area contributed by atoms with Crippen molar-refractivity contribution in [3.05, 3.63) is 0 Å². The molecule has 4 atom stereocenters. The zero-order valence-corrected chi connectivity index (χ0v) is 13.5. The topological polar surface area (TPSA) is 72.2 Å². The third-order valence-electron chi connectivity index (χ3n) is 4.12. The minimum Gasteiger partial charge on any atom is -0.369 e. The molecule has 0 aliphatic heterocycles. The molecule has 20 heavy (non-hydrogen) atoms. The molecule has 2 amide bonds. The number of carbonyl (C=O) groups is 2. The molecule has 0 aromatic heterocycles. The Labute approximate surface area is 122 Å². The molecule has 1 saturated carbocycles. The molecule has 4 heteroatoms. The van der Waals surface area contributed by atoms with Gasteiger partial charge in [-0.15, -0.1) is 0 Å². The molecular formula is C16H30N2O2. The molecule has 1 rings (SSSR count). The molecule has 0 aromatic carbocycles.